The molecular weight excluding hydrogens is 186 g/mol. The molecule has 5 heteroatoms. The first kappa shape index (κ1) is 12.1. The van der Waals surface area contributed by atoms with Crippen molar-refractivity contribution in [3.8, 4) is 0 Å². The molecule has 76 valence electrons. The number of nitro groups is 1. The summed E-state index contributed by atoms with van der Waals surface area (Å²) in [5, 5.41) is 10.3. The molecule has 0 saturated carbocycles. The third-order valence-corrected chi connectivity index (χ3v) is 1.48. The SMILES string of the molecule is C.COC(=O)c1cccc([N+](=O)[O-])c1. The fourth-order valence-electron chi connectivity index (χ4n) is 0.864. The van der Waals surface area contributed by atoms with Crippen LogP contribution in [0.15, 0.2) is 24.3 Å². The van der Waals surface area contributed by atoms with Crippen molar-refractivity contribution in [2.45, 2.75) is 7.43 Å². The van der Waals surface area contributed by atoms with E-state index in [1.165, 1.54) is 31.4 Å². The number of ether oxygens (including phenoxy) is 1. The molecule has 1 rings (SSSR count). The van der Waals surface area contributed by atoms with Crippen molar-refractivity contribution in [2.24, 2.45) is 0 Å². The maximum atomic E-state index is 10.9. The van der Waals surface area contributed by atoms with Crippen LogP contribution in [0.5, 0.6) is 0 Å². The first-order valence-corrected chi connectivity index (χ1v) is 3.48. The van der Waals surface area contributed by atoms with Crippen LogP contribution in [-0.4, -0.2) is 18.0 Å². The summed E-state index contributed by atoms with van der Waals surface area (Å²) in [6, 6.07) is 5.38. The summed E-state index contributed by atoms with van der Waals surface area (Å²) in [6.07, 6.45) is 0. The van der Waals surface area contributed by atoms with Crippen LogP contribution in [0.4, 0.5) is 5.69 Å². The van der Waals surface area contributed by atoms with Crippen LogP contribution in [0.3, 0.4) is 0 Å². The van der Waals surface area contributed by atoms with E-state index in [1.807, 2.05) is 0 Å². The highest BCUT2D eigenvalue weighted by Crippen LogP contribution is 2.13. The molecule has 1 aromatic rings. The minimum absolute atomic E-state index is 0. The number of nitro benzene ring substituents is 1. The van der Waals surface area contributed by atoms with Gasteiger partial charge in [-0.15, -0.1) is 0 Å². The van der Waals surface area contributed by atoms with E-state index in [9.17, 15) is 14.9 Å². The molecule has 0 spiro atoms. The van der Waals surface area contributed by atoms with Gasteiger partial charge in [0.15, 0.2) is 0 Å². The Bertz CT molecular complexity index is 348. The molecule has 0 aliphatic heterocycles. The monoisotopic (exact) mass is 197 g/mol. The van der Waals surface area contributed by atoms with Crippen LogP contribution in [0.25, 0.3) is 0 Å². The fraction of sp³-hybridized carbons (Fsp3) is 0.222. The molecule has 0 radical (unpaired) electrons. The molecular formula is C9H11NO4. The van der Waals surface area contributed by atoms with E-state index in [0.717, 1.165) is 0 Å². The number of hydrogen-bond donors (Lipinski definition) is 0. The summed E-state index contributed by atoms with van der Waals surface area (Å²) in [6.45, 7) is 0. The van der Waals surface area contributed by atoms with Crippen molar-refractivity contribution in [1.29, 1.82) is 0 Å². The molecule has 0 unspecified atom stereocenters. The van der Waals surface area contributed by atoms with Gasteiger partial charge < -0.3 is 4.74 Å². The van der Waals surface area contributed by atoms with E-state index in [0.29, 0.717) is 0 Å². The van der Waals surface area contributed by atoms with Crippen LogP contribution in [-0.2, 0) is 4.74 Å². The molecule has 0 aromatic heterocycles. The molecule has 0 heterocycles. The zero-order valence-electron chi connectivity index (χ0n) is 6.89. The van der Waals surface area contributed by atoms with Crippen LogP contribution >= 0.6 is 0 Å². The largest absolute Gasteiger partial charge is 0.465 e. The van der Waals surface area contributed by atoms with Gasteiger partial charge in [0.1, 0.15) is 0 Å². The van der Waals surface area contributed by atoms with Crippen molar-refractivity contribution in [2.75, 3.05) is 7.11 Å². The molecule has 0 N–H and O–H groups in total. The van der Waals surface area contributed by atoms with Gasteiger partial charge in [-0.25, -0.2) is 4.79 Å². The lowest BCUT2D eigenvalue weighted by Crippen LogP contribution is -2.01. The molecule has 1 aromatic carbocycles. The van der Waals surface area contributed by atoms with E-state index < -0.39 is 10.9 Å². The summed E-state index contributed by atoms with van der Waals surface area (Å²) in [5.41, 5.74) is 0.0552. The Morgan fingerprint density at radius 1 is 1.50 bits per heavy atom. The first-order valence-electron chi connectivity index (χ1n) is 3.48. The predicted octanol–water partition coefficient (Wildman–Crippen LogP) is 2.02. The molecule has 0 aliphatic rings. The van der Waals surface area contributed by atoms with Crippen LogP contribution < -0.4 is 0 Å². The minimum atomic E-state index is -0.580. The molecule has 14 heavy (non-hydrogen) atoms. The summed E-state index contributed by atoms with van der Waals surface area (Å²) in [4.78, 5) is 20.7. The Morgan fingerprint density at radius 2 is 2.14 bits per heavy atom. The van der Waals surface area contributed by atoms with Crippen LogP contribution in [0, 0.1) is 10.1 Å². The number of benzene rings is 1. The maximum Gasteiger partial charge on any atom is 0.338 e. The first-order chi connectivity index (χ1) is 6.15. The quantitative estimate of drug-likeness (QED) is 0.413. The van der Waals surface area contributed by atoms with E-state index in [1.54, 1.807) is 0 Å². The van der Waals surface area contributed by atoms with Gasteiger partial charge in [-0.1, -0.05) is 13.5 Å². The van der Waals surface area contributed by atoms with Crippen molar-refractivity contribution >= 4 is 11.7 Å². The predicted molar refractivity (Wildman–Crippen MR) is 51.2 cm³/mol. The van der Waals surface area contributed by atoms with Crippen LogP contribution in [0.1, 0.15) is 17.8 Å². The van der Waals surface area contributed by atoms with Crippen molar-refractivity contribution < 1.29 is 14.5 Å². The highest BCUT2D eigenvalue weighted by molar-refractivity contribution is 5.89. The minimum Gasteiger partial charge on any atom is -0.465 e. The van der Waals surface area contributed by atoms with Crippen molar-refractivity contribution in [3.05, 3.63) is 39.9 Å². The molecule has 0 saturated heterocycles. The summed E-state index contributed by atoms with van der Waals surface area (Å²) in [7, 11) is 1.22. The van der Waals surface area contributed by atoms with Crippen molar-refractivity contribution in [3.63, 3.8) is 0 Å². The highest BCUT2D eigenvalue weighted by Gasteiger charge is 2.10. The van der Waals surface area contributed by atoms with Gasteiger partial charge in [-0.05, 0) is 6.07 Å². The van der Waals surface area contributed by atoms with Gasteiger partial charge in [0.25, 0.3) is 5.69 Å². The van der Waals surface area contributed by atoms with Gasteiger partial charge in [-0.2, -0.15) is 0 Å². The Kier molecular flexibility index (Phi) is 4.28. The summed E-state index contributed by atoms with van der Waals surface area (Å²) >= 11 is 0. The van der Waals surface area contributed by atoms with E-state index >= 15 is 0 Å². The fourth-order valence-corrected chi connectivity index (χ4v) is 0.864. The second kappa shape index (κ2) is 4.96. The van der Waals surface area contributed by atoms with Crippen LogP contribution in [0.2, 0.25) is 0 Å². The number of carbonyl (C=O) groups excluding carboxylic acids is 1. The normalized spacial score (nSPS) is 8.64. The number of rotatable bonds is 2. The third-order valence-electron chi connectivity index (χ3n) is 1.48. The molecule has 0 atom stereocenters. The smallest absolute Gasteiger partial charge is 0.338 e. The lowest BCUT2D eigenvalue weighted by Gasteiger charge is -1.97. The number of methoxy groups -OCH3 is 1. The number of nitrogens with zero attached hydrogens (tertiary/aromatic N) is 1. The van der Waals surface area contributed by atoms with E-state index in [-0.39, 0.29) is 18.7 Å². The van der Waals surface area contributed by atoms with Gasteiger partial charge >= 0.3 is 5.97 Å². The average Bonchev–Trinajstić information content (AvgIpc) is 2.17. The summed E-state index contributed by atoms with van der Waals surface area (Å²) < 4.78 is 4.41. The molecule has 0 aliphatic carbocycles. The lowest BCUT2D eigenvalue weighted by molar-refractivity contribution is -0.384. The zero-order chi connectivity index (χ0) is 9.84. The second-order valence-electron chi connectivity index (χ2n) is 2.30. The highest BCUT2D eigenvalue weighted by atomic mass is 16.6. The molecule has 0 fully saturated rings. The van der Waals surface area contributed by atoms with Gasteiger partial charge in [0.05, 0.1) is 17.6 Å². The Labute approximate surface area is 81.5 Å². The Morgan fingerprint density at radius 3 is 2.64 bits per heavy atom. The van der Waals surface area contributed by atoms with E-state index in [4.69, 9.17) is 0 Å². The van der Waals surface area contributed by atoms with Crippen molar-refractivity contribution in [1.82, 2.24) is 0 Å². The molecule has 5 nitrogen and oxygen atoms in total. The Balaban J connectivity index is 0.00000169. The van der Waals surface area contributed by atoms with Gasteiger partial charge in [-0.3, -0.25) is 10.1 Å². The maximum absolute atomic E-state index is 10.9. The third kappa shape index (κ3) is 2.55. The standard InChI is InChI=1S/C8H7NO4.CH4/c1-13-8(10)6-3-2-4-7(5-6)9(11)12;/h2-5H,1H3;1H4. The van der Waals surface area contributed by atoms with E-state index in [2.05, 4.69) is 4.74 Å². The van der Waals surface area contributed by atoms with Gasteiger partial charge in [0.2, 0.25) is 0 Å². The number of hydrogen-bond acceptors (Lipinski definition) is 4. The second-order valence-corrected chi connectivity index (χ2v) is 2.30. The van der Waals surface area contributed by atoms with Gasteiger partial charge in [0, 0.05) is 12.1 Å². The Hall–Kier alpha value is -1.91. The number of non-ortho nitro benzene ring substituents is 1. The molecule has 0 amide bonds. The molecule has 0 bridgehead atoms. The summed E-state index contributed by atoms with van der Waals surface area (Å²) in [5.74, 6) is -0.580. The number of esters is 1. The lowest BCUT2D eigenvalue weighted by atomic mass is 10.2. The average molecular weight is 197 g/mol. The topological polar surface area (TPSA) is 69.4 Å². The number of carbonyl (C=O) groups is 1. The zero-order valence-corrected chi connectivity index (χ0v) is 6.89.